The maximum absolute atomic E-state index is 12.4. The third kappa shape index (κ3) is 3.81. The van der Waals surface area contributed by atoms with E-state index in [4.69, 9.17) is 9.97 Å². The Kier molecular flexibility index (Phi) is 5.21. The minimum atomic E-state index is 0.0383. The fraction of sp³-hybridized carbons (Fsp3) is 0.478. The lowest BCUT2D eigenvalue weighted by molar-refractivity contribution is 0.241. The molecule has 30 heavy (non-hydrogen) atoms. The van der Waals surface area contributed by atoms with Crippen molar-refractivity contribution in [3.05, 3.63) is 57.6 Å². The van der Waals surface area contributed by atoms with Crippen LogP contribution in [0.1, 0.15) is 29.8 Å². The van der Waals surface area contributed by atoms with Crippen LogP contribution in [0.15, 0.2) is 35.1 Å². The summed E-state index contributed by atoms with van der Waals surface area (Å²) >= 11 is 0. The van der Waals surface area contributed by atoms with E-state index >= 15 is 0 Å². The third-order valence-electron chi connectivity index (χ3n) is 6.29. The van der Waals surface area contributed by atoms with E-state index in [9.17, 15) is 4.79 Å². The molecule has 0 saturated carbocycles. The molecule has 0 atom stereocenters. The van der Waals surface area contributed by atoms with Gasteiger partial charge in [-0.3, -0.25) is 9.69 Å². The molecular weight excluding hydrogens is 376 g/mol. The van der Waals surface area contributed by atoms with Crippen molar-refractivity contribution in [2.75, 3.05) is 37.6 Å². The summed E-state index contributed by atoms with van der Waals surface area (Å²) in [6.07, 6.45) is 4.35. The van der Waals surface area contributed by atoms with Gasteiger partial charge in [-0.2, -0.15) is 5.10 Å². The van der Waals surface area contributed by atoms with Crippen LogP contribution in [-0.2, 0) is 19.4 Å². The van der Waals surface area contributed by atoms with Gasteiger partial charge in [0, 0.05) is 38.8 Å². The van der Waals surface area contributed by atoms with E-state index in [1.54, 1.807) is 10.7 Å². The maximum Gasteiger partial charge on any atom is 0.267 e. The van der Waals surface area contributed by atoms with Crippen LogP contribution in [0.5, 0.6) is 0 Å². The van der Waals surface area contributed by atoms with Crippen molar-refractivity contribution in [3.8, 4) is 0 Å². The largest absolute Gasteiger partial charge is 0.353 e. The highest BCUT2D eigenvalue weighted by Gasteiger charge is 2.21. The van der Waals surface area contributed by atoms with Gasteiger partial charge >= 0.3 is 0 Å². The lowest BCUT2D eigenvalue weighted by Crippen LogP contribution is -2.48. The standard InChI is InChI=1S/C23H28N6O/c1-17-23(25-21-9-5-4-8-20(21)24-17)28-13-10-27(11-14-28)12-15-29-22(30)16-18-6-2-3-7-19(18)26-29/h4-5,8-9,16H,2-3,6-7,10-15H2,1H3. The topological polar surface area (TPSA) is 67.2 Å². The van der Waals surface area contributed by atoms with Crippen LogP contribution >= 0.6 is 0 Å². The molecule has 0 unspecified atom stereocenters. The van der Waals surface area contributed by atoms with E-state index < -0.39 is 0 Å². The smallest absolute Gasteiger partial charge is 0.267 e. The van der Waals surface area contributed by atoms with Crippen LogP contribution in [0.25, 0.3) is 11.0 Å². The van der Waals surface area contributed by atoms with Crippen molar-refractivity contribution in [2.45, 2.75) is 39.2 Å². The summed E-state index contributed by atoms with van der Waals surface area (Å²) in [5.41, 5.74) is 5.18. The summed E-state index contributed by atoms with van der Waals surface area (Å²) in [5.74, 6) is 0.987. The Balaban J connectivity index is 1.22. The molecule has 3 heterocycles. The van der Waals surface area contributed by atoms with Crippen molar-refractivity contribution in [1.29, 1.82) is 0 Å². The minimum absolute atomic E-state index is 0.0383. The molecule has 2 aliphatic rings. The molecule has 2 aromatic heterocycles. The highest BCUT2D eigenvalue weighted by Crippen LogP contribution is 2.21. The van der Waals surface area contributed by atoms with Gasteiger partial charge in [0.15, 0.2) is 5.82 Å². The zero-order chi connectivity index (χ0) is 20.5. The first kappa shape index (κ1) is 19.2. The molecule has 3 aromatic rings. The highest BCUT2D eigenvalue weighted by atomic mass is 16.1. The van der Waals surface area contributed by atoms with Crippen molar-refractivity contribution in [3.63, 3.8) is 0 Å². The van der Waals surface area contributed by atoms with Crippen LogP contribution in [0.2, 0.25) is 0 Å². The van der Waals surface area contributed by atoms with Crippen LogP contribution in [0, 0.1) is 6.92 Å². The number of hydrogen-bond acceptors (Lipinski definition) is 6. The second-order valence-corrected chi connectivity index (χ2v) is 8.33. The first-order chi connectivity index (χ1) is 14.7. The molecule has 0 N–H and O–H groups in total. The molecule has 1 saturated heterocycles. The molecule has 7 heteroatoms. The molecule has 156 valence electrons. The molecule has 0 bridgehead atoms. The zero-order valence-electron chi connectivity index (χ0n) is 17.5. The van der Waals surface area contributed by atoms with Gasteiger partial charge in [0.05, 0.1) is 29.0 Å². The fourth-order valence-corrected chi connectivity index (χ4v) is 4.56. The van der Waals surface area contributed by atoms with Crippen molar-refractivity contribution in [2.24, 2.45) is 0 Å². The minimum Gasteiger partial charge on any atom is -0.353 e. The number of piperazine rings is 1. The molecule has 5 rings (SSSR count). The van der Waals surface area contributed by atoms with Gasteiger partial charge in [0.1, 0.15) is 0 Å². The first-order valence-electron chi connectivity index (χ1n) is 11.0. The first-order valence-corrected chi connectivity index (χ1v) is 11.0. The van der Waals surface area contributed by atoms with Gasteiger partial charge in [-0.15, -0.1) is 0 Å². The van der Waals surface area contributed by atoms with E-state index in [0.717, 1.165) is 79.4 Å². The molecule has 1 fully saturated rings. The predicted octanol–water partition coefficient (Wildman–Crippen LogP) is 2.20. The van der Waals surface area contributed by atoms with E-state index in [-0.39, 0.29) is 5.56 Å². The predicted molar refractivity (Wildman–Crippen MR) is 118 cm³/mol. The monoisotopic (exact) mass is 404 g/mol. The zero-order valence-corrected chi connectivity index (χ0v) is 17.5. The number of aromatic nitrogens is 4. The fourth-order valence-electron chi connectivity index (χ4n) is 4.56. The number of rotatable bonds is 4. The average Bonchev–Trinajstić information content (AvgIpc) is 2.77. The molecular formula is C23H28N6O. The highest BCUT2D eigenvalue weighted by molar-refractivity contribution is 5.76. The Labute approximate surface area is 176 Å². The molecule has 1 aliphatic heterocycles. The lowest BCUT2D eigenvalue weighted by Gasteiger charge is -2.35. The Morgan fingerprint density at radius 1 is 0.933 bits per heavy atom. The number of hydrogen-bond donors (Lipinski definition) is 0. The summed E-state index contributed by atoms with van der Waals surface area (Å²) in [6, 6.07) is 9.83. The Bertz CT molecular complexity index is 1120. The van der Waals surface area contributed by atoms with Gasteiger partial charge in [0.25, 0.3) is 5.56 Å². The lowest BCUT2D eigenvalue weighted by atomic mass is 9.97. The van der Waals surface area contributed by atoms with Gasteiger partial charge in [-0.25, -0.2) is 14.6 Å². The van der Waals surface area contributed by atoms with E-state index in [0.29, 0.717) is 6.54 Å². The van der Waals surface area contributed by atoms with Crippen LogP contribution in [0.4, 0.5) is 5.82 Å². The number of fused-ring (bicyclic) bond motifs is 2. The number of para-hydroxylation sites is 2. The number of aryl methyl sites for hydroxylation is 3. The summed E-state index contributed by atoms with van der Waals surface area (Å²) < 4.78 is 1.66. The van der Waals surface area contributed by atoms with E-state index in [1.807, 2.05) is 31.2 Å². The van der Waals surface area contributed by atoms with Gasteiger partial charge in [0.2, 0.25) is 0 Å². The quantitative estimate of drug-likeness (QED) is 0.664. The van der Waals surface area contributed by atoms with Gasteiger partial charge < -0.3 is 4.90 Å². The van der Waals surface area contributed by atoms with Crippen molar-refractivity contribution < 1.29 is 0 Å². The van der Waals surface area contributed by atoms with E-state index in [2.05, 4.69) is 14.9 Å². The van der Waals surface area contributed by atoms with Crippen molar-refractivity contribution in [1.82, 2.24) is 24.6 Å². The summed E-state index contributed by atoms with van der Waals surface area (Å²) in [4.78, 5) is 26.7. The number of nitrogens with zero attached hydrogens (tertiary/aromatic N) is 6. The van der Waals surface area contributed by atoms with Crippen LogP contribution in [-0.4, -0.2) is 57.4 Å². The van der Waals surface area contributed by atoms with Gasteiger partial charge in [-0.05, 0) is 50.3 Å². The maximum atomic E-state index is 12.4. The SMILES string of the molecule is Cc1nc2ccccc2nc1N1CCN(CCn2nc3c(cc2=O)CCCC3)CC1. The molecule has 1 aromatic carbocycles. The second-order valence-electron chi connectivity index (χ2n) is 8.33. The Morgan fingerprint density at radius 2 is 1.67 bits per heavy atom. The number of anilines is 1. The molecule has 7 nitrogen and oxygen atoms in total. The third-order valence-corrected chi connectivity index (χ3v) is 6.29. The van der Waals surface area contributed by atoms with Crippen molar-refractivity contribution >= 4 is 16.9 Å². The molecule has 0 amide bonds. The van der Waals surface area contributed by atoms with E-state index in [1.165, 1.54) is 12.8 Å². The Morgan fingerprint density at radius 3 is 2.47 bits per heavy atom. The Hall–Kier alpha value is -2.80. The summed E-state index contributed by atoms with van der Waals surface area (Å²) in [7, 11) is 0. The van der Waals surface area contributed by atoms with Gasteiger partial charge in [-0.1, -0.05) is 12.1 Å². The molecule has 0 radical (unpaired) electrons. The van der Waals surface area contributed by atoms with Crippen LogP contribution < -0.4 is 10.5 Å². The molecule has 0 spiro atoms. The average molecular weight is 405 g/mol. The second kappa shape index (κ2) is 8.14. The summed E-state index contributed by atoms with van der Waals surface area (Å²) in [6.45, 7) is 7.28. The van der Waals surface area contributed by atoms with Crippen LogP contribution in [0.3, 0.4) is 0 Å². The number of benzene rings is 1. The summed E-state index contributed by atoms with van der Waals surface area (Å²) in [5, 5.41) is 4.65. The molecule has 1 aliphatic carbocycles. The normalized spacial score (nSPS) is 17.3.